The summed E-state index contributed by atoms with van der Waals surface area (Å²) in [6.45, 7) is 0. The van der Waals surface area contributed by atoms with Crippen molar-refractivity contribution < 1.29 is 0 Å². The van der Waals surface area contributed by atoms with Gasteiger partial charge in [-0.3, -0.25) is 0 Å². The molecule has 0 spiro atoms. The summed E-state index contributed by atoms with van der Waals surface area (Å²) in [4.78, 5) is 3.09. The highest BCUT2D eigenvalue weighted by atomic mass is 32.1. The molecule has 0 saturated heterocycles. The van der Waals surface area contributed by atoms with Crippen LogP contribution in [-0.2, 0) is 12.8 Å². The molecule has 1 aliphatic carbocycles. The van der Waals surface area contributed by atoms with Crippen molar-refractivity contribution in [3.05, 3.63) is 46.8 Å². The zero-order chi connectivity index (χ0) is 10.8. The van der Waals surface area contributed by atoms with Gasteiger partial charge in [-0.25, -0.2) is 0 Å². The molecular weight excluding hydrogens is 212 g/mol. The number of aryl methyl sites for hydroxylation is 2. The third-order valence-corrected chi connectivity index (χ3v) is 4.59. The monoisotopic (exact) mass is 228 g/mol. The predicted molar refractivity (Wildman–Crippen MR) is 71.0 cm³/mol. The van der Waals surface area contributed by atoms with Gasteiger partial charge in [-0.15, -0.1) is 11.3 Å². The molecule has 0 amide bonds. The molecule has 2 aromatic rings. The smallest absolute Gasteiger partial charge is 0.0348 e. The first-order valence-corrected chi connectivity index (χ1v) is 6.92. The molecule has 0 radical (unpaired) electrons. The zero-order valence-electron chi connectivity index (χ0n) is 9.41. The highest BCUT2D eigenvalue weighted by Crippen LogP contribution is 2.34. The number of thiophene rings is 1. The standard InChI is InChI=1S/C15H16S/c1-3-7-12(8-4-1)15-11-13-9-5-2-6-10-14(13)16-15/h1,3-4,7-8,11H,2,5-6,9-10H2. The number of hydrogen-bond acceptors (Lipinski definition) is 1. The number of benzene rings is 1. The van der Waals surface area contributed by atoms with Crippen molar-refractivity contribution in [2.24, 2.45) is 0 Å². The van der Waals surface area contributed by atoms with Crippen molar-refractivity contribution in [1.82, 2.24) is 0 Å². The Balaban J connectivity index is 1.98. The minimum absolute atomic E-state index is 1.29. The zero-order valence-corrected chi connectivity index (χ0v) is 10.2. The molecule has 0 fully saturated rings. The van der Waals surface area contributed by atoms with Gasteiger partial charge in [0.05, 0.1) is 0 Å². The minimum Gasteiger partial charge on any atom is -0.140 e. The summed E-state index contributed by atoms with van der Waals surface area (Å²) in [6.07, 6.45) is 6.74. The van der Waals surface area contributed by atoms with E-state index in [1.165, 1.54) is 42.5 Å². The van der Waals surface area contributed by atoms with E-state index in [0.29, 0.717) is 0 Å². The fraction of sp³-hybridized carbons (Fsp3) is 0.333. The summed E-state index contributed by atoms with van der Waals surface area (Å²) in [5.74, 6) is 0. The Labute approximate surface area is 101 Å². The van der Waals surface area contributed by atoms with Crippen molar-refractivity contribution in [2.45, 2.75) is 32.1 Å². The fourth-order valence-electron chi connectivity index (χ4n) is 2.41. The van der Waals surface area contributed by atoms with Crippen LogP contribution in [-0.4, -0.2) is 0 Å². The van der Waals surface area contributed by atoms with Crippen molar-refractivity contribution in [2.75, 3.05) is 0 Å². The van der Waals surface area contributed by atoms with Gasteiger partial charge in [-0.1, -0.05) is 36.8 Å². The van der Waals surface area contributed by atoms with Crippen LogP contribution in [0.5, 0.6) is 0 Å². The molecule has 1 aliphatic rings. The van der Waals surface area contributed by atoms with Gasteiger partial charge in [-0.05, 0) is 42.9 Å². The third-order valence-electron chi connectivity index (χ3n) is 3.30. The number of hydrogen-bond donors (Lipinski definition) is 0. The molecule has 3 rings (SSSR count). The van der Waals surface area contributed by atoms with Gasteiger partial charge in [0.25, 0.3) is 0 Å². The average molecular weight is 228 g/mol. The maximum atomic E-state index is 2.42. The maximum absolute atomic E-state index is 2.42. The van der Waals surface area contributed by atoms with Gasteiger partial charge < -0.3 is 0 Å². The molecule has 1 heteroatoms. The Bertz CT molecular complexity index is 444. The summed E-state index contributed by atoms with van der Waals surface area (Å²) in [7, 11) is 0. The summed E-state index contributed by atoms with van der Waals surface area (Å²) in [6, 6.07) is 13.2. The molecule has 1 aromatic heterocycles. The predicted octanol–water partition coefficient (Wildman–Crippen LogP) is 4.68. The number of fused-ring (bicyclic) bond motifs is 1. The first kappa shape index (κ1) is 10.1. The highest BCUT2D eigenvalue weighted by molar-refractivity contribution is 7.15. The summed E-state index contributed by atoms with van der Waals surface area (Å²) < 4.78 is 0. The number of rotatable bonds is 1. The lowest BCUT2D eigenvalue weighted by molar-refractivity contribution is 0.713. The normalized spacial score (nSPS) is 15.5. The van der Waals surface area contributed by atoms with E-state index >= 15 is 0 Å². The van der Waals surface area contributed by atoms with Gasteiger partial charge in [0.1, 0.15) is 0 Å². The lowest BCUT2D eigenvalue weighted by Crippen LogP contribution is -1.80. The van der Waals surface area contributed by atoms with Gasteiger partial charge in [0.2, 0.25) is 0 Å². The second kappa shape index (κ2) is 4.42. The first-order chi connectivity index (χ1) is 7.93. The van der Waals surface area contributed by atoms with Crippen LogP contribution >= 0.6 is 11.3 Å². The van der Waals surface area contributed by atoms with Crippen LogP contribution in [0.15, 0.2) is 36.4 Å². The van der Waals surface area contributed by atoms with Crippen molar-refractivity contribution >= 4 is 11.3 Å². The molecule has 1 aromatic carbocycles. The second-order valence-electron chi connectivity index (χ2n) is 4.49. The van der Waals surface area contributed by atoms with Crippen molar-refractivity contribution in [3.8, 4) is 10.4 Å². The lowest BCUT2D eigenvalue weighted by Gasteiger charge is -1.96. The van der Waals surface area contributed by atoms with Crippen molar-refractivity contribution in [1.29, 1.82) is 0 Å². The maximum Gasteiger partial charge on any atom is 0.0348 e. The van der Waals surface area contributed by atoms with Gasteiger partial charge >= 0.3 is 0 Å². The molecule has 16 heavy (non-hydrogen) atoms. The van der Waals surface area contributed by atoms with Crippen LogP contribution in [0.25, 0.3) is 10.4 Å². The van der Waals surface area contributed by atoms with E-state index in [1.807, 2.05) is 11.3 Å². The van der Waals surface area contributed by atoms with Crippen LogP contribution in [0.3, 0.4) is 0 Å². The highest BCUT2D eigenvalue weighted by Gasteiger charge is 2.12. The summed E-state index contributed by atoms with van der Waals surface area (Å²) >= 11 is 2.00. The molecule has 82 valence electrons. The molecule has 0 N–H and O–H groups in total. The Morgan fingerprint density at radius 2 is 1.69 bits per heavy atom. The SMILES string of the molecule is c1ccc(-c2cc3c(s2)CCCCC3)cc1. The molecule has 0 unspecified atom stereocenters. The molecule has 1 heterocycles. The van der Waals surface area contributed by atoms with Crippen LogP contribution in [0, 0.1) is 0 Å². The molecule has 0 saturated carbocycles. The van der Waals surface area contributed by atoms with Crippen LogP contribution in [0.2, 0.25) is 0 Å². The Kier molecular flexibility index (Phi) is 2.79. The Morgan fingerprint density at radius 3 is 2.56 bits per heavy atom. The van der Waals surface area contributed by atoms with Crippen LogP contribution in [0.4, 0.5) is 0 Å². The molecule has 0 aliphatic heterocycles. The topological polar surface area (TPSA) is 0 Å². The third kappa shape index (κ3) is 1.92. The van der Waals surface area contributed by atoms with Crippen molar-refractivity contribution in [3.63, 3.8) is 0 Å². The van der Waals surface area contributed by atoms with E-state index in [2.05, 4.69) is 36.4 Å². The van der Waals surface area contributed by atoms with Crippen LogP contribution < -0.4 is 0 Å². The lowest BCUT2D eigenvalue weighted by atomic mass is 10.1. The van der Waals surface area contributed by atoms with Crippen LogP contribution in [0.1, 0.15) is 29.7 Å². The van der Waals surface area contributed by atoms with E-state index in [0.717, 1.165) is 0 Å². The summed E-state index contributed by atoms with van der Waals surface area (Å²) in [5, 5.41) is 0. The first-order valence-electron chi connectivity index (χ1n) is 6.10. The van der Waals surface area contributed by atoms with E-state index in [4.69, 9.17) is 0 Å². The van der Waals surface area contributed by atoms with Gasteiger partial charge in [-0.2, -0.15) is 0 Å². The summed E-state index contributed by atoms with van der Waals surface area (Å²) in [5.41, 5.74) is 2.99. The Morgan fingerprint density at radius 1 is 0.875 bits per heavy atom. The largest absolute Gasteiger partial charge is 0.140 e. The molecule has 0 nitrogen and oxygen atoms in total. The quantitative estimate of drug-likeness (QED) is 0.621. The minimum atomic E-state index is 1.29. The van der Waals surface area contributed by atoms with E-state index < -0.39 is 0 Å². The van der Waals surface area contributed by atoms with E-state index in [9.17, 15) is 0 Å². The molecular formula is C15H16S. The van der Waals surface area contributed by atoms with Gasteiger partial charge in [0.15, 0.2) is 0 Å². The van der Waals surface area contributed by atoms with E-state index in [-0.39, 0.29) is 0 Å². The van der Waals surface area contributed by atoms with E-state index in [1.54, 1.807) is 10.4 Å². The second-order valence-corrected chi connectivity index (χ2v) is 5.62. The Hall–Kier alpha value is -1.08. The van der Waals surface area contributed by atoms with Gasteiger partial charge in [0, 0.05) is 9.75 Å². The average Bonchev–Trinajstić information content (AvgIpc) is 2.62. The molecule has 0 atom stereocenters. The molecule has 0 bridgehead atoms. The fourth-order valence-corrected chi connectivity index (χ4v) is 3.67.